The molecule has 0 radical (unpaired) electrons. The second kappa shape index (κ2) is 7.72. The van der Waals surface area contributed by atoms with Crippen molar-refractivity contribution in [3.63, 3.8) is 0 Å². The second-order valence-electron chi connectivity index (χ2n) is 5.87. The summed E-state index contributed by atoms with van der Waals surface area (Å²) in [5.74, 6) is -0.385. The molecule has 3 aromatic rings. The molecule has 11 nitrogen and oxygen atoms in total. The normalized spacial score (nSPS) is 14.9. The molecule has 30 heavy (non-hydrogen) atoms. The van der Waals surface area contributed by atoms with Gasteiger partial charge < -0.3 is 9.47 Å². The third-order valence-electron chi connectivity index (χ3n) is 4.03. The largest absolute Gasteiger partial charge is 0.516 e. The molecule has 0 bridgehead atoms. The van der Waals surface area contributed by atoms with E-state index in [1.165, 1.54) is 55.0 Å². The van der Waals surface area contributed by atoms with Crippen molar-refractivity contribution in [1.29, 1.82) is 0 Å². The molecule has 1 aliphatic rings. The van der Waals surface area contributed by atoms with Crippen LogP contribution in [-0.2, 0) is 4.74 Å². The fourth-order valence-corrected chi connectivity index (χ4v) is 2.84. The number of nitro groups is 1. The maximum absolute atomic E-state index is 12.8. The Morgan fingerprint density at radius 3 is 2.50 bits per heavy atom. The van der Waals surface area contributed by atoms with Gasteiger partial charge in [0.15, 0.2) is 5.69 Å². The molecule has 4 rings (SSSR count). The summed E-state index contributed by atoms with van der Waals surface area (Å²) >= 11 is 5.85. The molecule has 0 aliphatic carbocycles. The highest BCUT2D eigenvalue weighted by Crippen LogP contribution is 2.35. The molecule has 1 aromatic carbocycles. The van der Waals surface area contributed by atoms with Gasteiger partial charge in [0.1, 0.15) is 17.3 Å². The van der Waals surface area contributed by atoms with Crippen molar-refractivity contribution in [2.45, 2.75) is 6.23 Å². The number of hydrogen-bond donors (Lipinski definition) is 0. The fourth-order valence-electron chi connectivity index (χ4n) is 2.73. The summed E-state index contributed by atoms with van der Waals surface area (Å²) in [7, 11) is 0. The van der Waals surface area contributed by atoms with Crippen LogP contribution in [0.25, 0.3) is 0 Å². The first-order chi connectivity index (χ1) is 14.4. The van der Waals surface area contributed by atoms with Gasteiger partial charge in [-0.1, -0.05) is 11.6 Å². The smallest absolute Gasteiger partial charge is 0.403 e. The zero-order valence-electron chi connectivity index (χ0n) is 14.8. The number of nitrogens with zero attached hydrogens (tertiary/aromatic N) is 5. The van der Waals surface area contributed by atoms with Gasteiger partial charge in [-0.05, 0) is 24.3 Å². The second-order valence-corrected chi connectivity index (χ2v) is 6.31. The van der Waals surface area contributed by atoms with Gasteiger partial charge in [-0.3, -0.25) is 19.9 Å². The summed E-state index contributed by atoms with van der Waals surface area (Å²) < 4.78 is 10.4. The lowest BCUT2D eigenvalue weighted by atomic mass is 10.3. The number of non-ortho nitro benzene ring substituents is 1. The van der Waals surface area contributed by atoms with Crippen LogP contribution in [0.2, 0.25) is 5.02 Å². The van der Waals surface area contributed by atoms with E-state index in [4.69, 9.17) is 21.1 Å². The van der Waals surface area contributed by atoms with Crippen LogP contribution in [0.15, 0.2) is 55.0 Å². The Hall–Kier alpha value is -4.12. The summed E-state index contributed by atoms with van der Waals surface area (Å²) in [5.41, 5.74) is -0.0522. The Morgan fingerprint density at radius 1 is 1.10 bits per heavy atom. The molecule has 0 N–H and O–H groups in total. The van der Waals surface area contributed by atoms with Crippen LogP contribution in [-0.4, -0.2) is 31.9 Å². The van der Waals surface area contributed by atoms with Crippen LogP contribution < -0.4 is 9.64 Å². The molecule has 3 heterocycles. The number of pyridine rings is 1. The average molecular weight is 428 g/mol. The molecule has 1 amide bonds. The van der Waals surface area contributed by atoms with E-state index in [2.05, 4.69) is 15.0 Å². The van der Waals surface area contributed by atoms with E-state index in [1.807, 2.05) is 0 Å². The van der Waals surface area contributed by atoms with Gasteiger partial charge in [0.05, 0.1) is 9.95 Å². The molecule has 1 atom stereocenters. The van der Waals surface area contributed by atoms with E-state index >= 15 is 0 Å². The highest BCUT2D eigenvalue weighted by Gasteiger charge is 2.44. The van der Waals surface area contributed by atoms with Gasteiger partial charge in [-0.2, -0.15) is 0 Å². The van der Waals surface area contributed by atoms with Crippen molar-refractivity contribution in [1.82, 2.24) is 15.0 Å². The molecule has 0 spiro atoms. The summed E-state index contributed by atoms with van der Waals surface area (Å²) in [4.78, 5) is 48.5. The summed E-state index contributed by atoms with van der Waals surface area (Å²) in [6, 6.07) is 7.83. The van der Waals surface area contributed by atoms with E-state index in [-0.39, 0.29) is 28.6 Å². The minimum Gasteiger partial charge on any atom is -0.403 e. The Bertz CT molecular complexity index is 1140. The highest BCUT2D eigenvalue weighted by molar-refractivity contribution is 6.30. The highest BCUT2D eigenvalue weighted by atomic mass is 35.5. The van der Waals surface area contributed by atoms with Crippen LogP contribution in [0.3, 0.4) is 0 Å². The first kappa shape index (κ1) is 19.2. The van der Waals surface area contributed by atoms with Gasteiger partial charge >= 0.3 is 6.16 Å². The van der Waals surface area contributed by atoms with Crippen LogP contribution in [0.4, 0.5) is 16.3 Å². The first-order valence-corrected chi connectivity index (χ1v) is 8.71. The minimum atomic E-state index is -1.28. The zero-order valence-corrected chi connectivity index (χ0v) is 15.6. The van der Waals surface area contributed by atoms with Gasteiger partial charge in [-0.25, -0.2) is 19.7 Å². The van der Waals surface area contributed by atoms with Crippen LogP contribution in [0, 0.1) is 10.1 Å². The molecule has 0 saturated heterocycles. The van der Waals surface area contributed by atoms with Crippen molar-refractivity contribution in [2.24, 2.45) is 0 Å². The molecule has 1 aliphatic heterocycles. The lowest BCUT2D eigenvalue weighted by molar-refractivity contribution is -0.384. The topological polar surface area (TPSA) is 138 Å². The maximum atomic E-state index is 12.8. The van der Waals surface area contributed by atoms with E-state index in [9.17, 15) is 19.7 Å². The molecular formula is C18H10ClN5O6. The molecule has 2 aromatic heterocycles. The Kier molecular flexibility index (Phi) is 4.94. The number of hydrogen-bond acceptors (Lipinski definition) is 9. The molecule has 12 heteroatoms. The quantitative estimate of drug-likeness (QED) is 0.265. The number of aromatic nitrogens is 3. The lowest BCUT2D eigenvalue weighted by Crippen LogP contribution is -2.32. The third kappa shape index (κ3) is 3.61. The van der Waals surface area contributed by atoms with E-state index in [0.717, 1.165) is 4.90 Å². The van der Waals surface area contributed by atoms with Gasteiger partial charge in [0.25, 0.3) is 11.6 Å². The lowest BCUT2D eigenvalue weighted by Gasteiger charge is -2.22. The monoisotopic (exact) mass is 427 g/mol. The van der Waals surface area contributed by atoms with Crippen molar-refractivity contribution in [2.75, 3.05) is 4.90 Å². The summed E-state index contributed by atoms with van der Waals surface area (Å²) in [6.45, 7) is 0. The van der Waals surface area contributed by atoms with Crippen LogP contribution >= 0.6 is 11.6 Å². The Morgan fingerprint density at radius 2 is 1.83 bits per heavy atom. The number of carbonyl (C=O) groups excluding carboxylic acids is 2. The Balaban J connectivity index is 1.59. The summed E-state index contributed by atoms with van der Waals surface area (Å²) in [6.07, 6.45) is 1.59. The molecule has 150 valence electrons. The number of anilines is 1. The number of ether oxygens (including phenoxy) is 2. The predicted molar refractivity (Wildman–Crippen MR) is 101 cm³/mol. The molecule has 0 saturated carbocycles. The van der Waals surface area contributed by atoms with E-state index < -0.39 is 23.2 Å². The number of fused-ring (bicyclic) bond motifs is 1. The van der Waals surface area contributed by atoms with Crippen LogP contribution in [0.1, 0.15) is 22.4 Å². The number of nitro benzene ring substituents is 1. The first-order valence-electron chi connectivity index (χ1n) is 8.33. The summed E-state index contributed by atoms with van der Waals surface area (Å²) in [5, 5.41) is 11.1. The number of halogens is 1. The SMILES string of the molecule is O=C(Oc1ccc([N+](=O)[O-])cc1)O[C@H]1c2nccnc2C(=O)N1c1ccc(Cl)cn1. The molecular weight excluding hydrogens is 418 g/mol. The van der Waals surface area contributed by atoms with Crippen molar-refractivity contribution >= 4 is 35.2 Å². The van der Waals surface area contributed by atoms with Crippen molar-refractivity contribution < 1.29 is 24.0 Å². The van der Waals surface area contributed by atoms with Gasteiger partial charge in [0.2, 0.25) is 6.23 Å². The third-order valence-corrected chi connectivity index (χ3v) is 4.26. The molecule has 0 unspecified atom stereocenters. The fraction of sp³-hybridized carbons (Fsp3) is 0.0556. The minimum absolute atomic E-state index is 0.00221. The van der Waals surface area contributed by atoms with E-state index in [0.29, 0.717) is 5.02 Å². The van der Waals surface area contributed by atoms with Crippen molar-refractivity contribution in [3.05, 3.63) is 81.5 Å². The van der Waals surface area contributed by atoms with Crippen LogP contribution in [0.5, 0.6) is 5.75 Å². The van der Waals surface area contributed by atoms with Gasteiger partial charge in [0, 0.05) is 30.7 Å². The van der Waals surface area contributed by atoms with Gasteiger partial charge in [-0.15, -0.1) is 0 Å². The predicted octanol–water partition coefficient (Wildman–Crippen LogP) is 3.31. The maximum Gasteiger partial charge on any atom is 0.516 e. The average Bonchev–Trinajstić information content (AvgIpc) is 3.01. The number of rotatable bonds is 4. The zero-order chi connectivity index (χ0) is 21.3. The van der Waals surface area contributed by atoms with E-state index in [1.54, 1.807) is 0 Å². The number of carbonyl (C=O) groups is 2. The Labute approximate surface area is 173 Å². The van der Waals surface area contributed by atoms with Crippen molar-refractivity contribution in [3.8, 4) is 5.75 Å². The standard InChI is InChI=1S/C18H10ClN5O6/c19-10-1-6-13(22-9-10)23-16(25)14-15(21-8-7-20-14)17(23)30-18(26)29-12-4-2-11(3-5-12)24(27)28/h1-9,17H/t17-/m0/s1. The number of benzene rings is 1. The molecule has 0 fully saturated rings. The number of amides is 1.